The first-order valence-corrected chi connectivity index (χ1v) is 3.80. The van der Waals surface area contributed by atoms with Gasteiger partial charge in [-0.15, -0.1) is 0 Å². The first-order chi connectivity index (χ1) is 4.72. The number of carbonyl (C=O) groups is 1. The third-order valence-electron chi connectivity index (χ3n) is 2.31. The van der Waals surface area contributed by atoms with E-state index in [2.05, 4.69) is 0 Å². The smallest absolute Gasteiger partial charge is 0.132 e. The maximum atomic E-state index is 10.9. The fraction of sp³-hybridized carbons (Fsp3) is 0.875. The van der Waals surface area contributed by atoms with Crippen LogP contribution in [0.1, 0.15) is 20.3 Å². The molecule has 10 heavy (non-hydrogen) atoms. The molecule has 2 atom stereocenters. The van der Waals surface area contributed by atoms with E-state index in [0.29, 0.717) is 5.92 Å². The molecule has 1 heterocycles. The van der Waals surface area contributed by atoms with Crippen molar-refractivity contribution in [3.63, 3.8) is 0 Å². The highest BCUT2D eigenvalue weighted by atomic mass is 16.5. The summed E-state index contributed by atoms with van der Waals surface area (Å²) in [5, 5.41) is 0. The van der Waals surface area contributed by atoms with Crippen LogP contribution in [0, 0.1) is 11.8 Å². The van der Waals surface area contributed by atoms with Crippen molar-refractivity contribution < 1.29 is 9.53 Å². The van der Waals surface area contributed by atoms with E-state index in [1.807, 2.05) is 6.92 Å². The number of rotatable bonds is 2. The summed E-state index contributed by atoms with van der Waals surface area (Å²) in [5.41, 5.74) is 0. The van der Waals surface area contributed by atoms with Gasteiger partial charge >= 0.3 is 0 Å². The molecule has 0 aromatic carbocycles. The summed E-state index contributed by atoms with van der Waals surface area (Å²) < 4.78 is 5.18. The van der Waals surface area contributed by atoms with Crippen LogP contribution < -0.4 is 0 Å². The molecule has 58 valence electrons. The second kappa shape index (κ2) is 3.15. The van der Waals surface area contributed by atoms with Crippen LogP contribution in [0.2, 0.25) is 0 Å². The van der Waals surface area contributed by atoms with Crippen molar-refractivity contribution >= 4 is 5.78 Å². The van der Waals surface area contributed by atoms with Gasteiger partial charge in [-0.3, -0.25) is 4.79 Å². The lowest BCUT2D eigenvalue weighted by Gasteiger charge is -2.12. The van der Waals surface area contributed by atoms with Crippen LogP contribution >= 0.6 is 0 Å². The van der Waals surface area contributed by atoms with E-state index in [4.69, 9.17) is 4.74 Å². The van der Waals surface area contributed by atoms with Gasteiger partial charge in [0.15, 0.2) is 0 Å². The van der Waals surface area contributed by atoms with Crippen LogP contribution in [-0.4, -0.2) is 19.0 Å². The Kier molecular flexibility index (Phi) is 2.44. The molecule has 0 N–H and O–H groups in total. The molecule has 0 amide bonds. The van der Waals surface area contributed by atoms with Gasteiger partial charge in [0.05, 0.1) is 6.61 Å². The molecule has 0 spiro atoms. The quantitative estimate of drug-likeness (QED) is 0.580. The zero-order valence-corrected chi connectivity index (χ0v) is 6.59. The minimum Gasteiger partial charge on any atom is -0.381 e. The number of hydrogen-bond acceptors (Lipinski definition) is 2. The molecule has 0 aromatic rings. The SMILES string of the molecule is CC(=O)C(C)C1CCOC1. The van der Waals surface area contributed by atoms with Crippen LogP contribution in [-0.2, 0) is 9.53 Å². The minimum atomic E-state index is 0.197. The number of ether oxygens (including phenoxy) is 1. The molecule has 0 saturated carbocycles. The highest BCUT2D eigenvalue weighted by Crippen LogP contribution is 2.21. The Balaban J connectivity index is 2.39. The summed E-state index contributed by atoms with van der Waals surface area (Å²) >= 11 is 0. The molecular formula is C8H14O2. The number of ketones is 1. The van der Waals surface area contributed by atoms with Gasteiger partial charge in [-0.2, -0.15) is 0 Å². The van der Waals surface area contributed by atoms with Crippen LogP contribution in [0.3, 0.4) is 0 Å². The summed E-state index contributed by atoms with van der Waals surface area (Å²) in [6, 6.07) is 0. The van der Waals surface area contributed by atoms with Crippen molar-refractivity contribution in [1.29, 1.82) is 0 Å². The molecule has 1 saturated heterocycles. The maximum absolute atomic E-state index is 10.9. The van der Waals surface area contributed by atoms with E-state index in [1.165, 1.54) is 0 Å². The van der Waals surface area contributed by atoms with E-state index in [1.54, 1.807) is 6.92 Å². The van der Waals surface area contributed by atoms with Crippen LogP contribution in [0.4, 0.5) is 0 Å². The lowest BCUT2D eigenvalue weighted by atomic mass is 9.91. The van der Waals surface area contributed by atoms with Gasteiger partial charge in [-0.05, 0) is 19.3 Å². The van der Waals surface area contributed by atoms with E-state index in [0.717, 1.165) is 19.6 Å². The topological polar surface area (TPSA) is 26.3 Å². The number of Topliss-reactive ketones (excluding diaryl/α,β-unsaturated/α-hetero) is 1. The molecule has 1 rings (SSSR count). The van der Waals surface area contributed by atoms with Crippen LogP contribution in [0.25, 0.3) is 0 Å². The molecule has 0 aliphatic carbocycles. The molecule has 0 aromatic heterocycles. The van der Waals surface area contributed by atoms with Gasteiger partial charge in [-0.1, -0.05) is 6.92 Å². The minimum absolute atomic E-state index is 0.197. The molecule has 2 heteroatoms. The van der Waals surface area contributed by atoms with Crippen molar-refractivity contribution in [3.05, 3.63) is 0 Å². The fourth-order valence-electron chi connectivity index (χ4n) is 1.28. The van der Waals surface area contributed by atoms with Gasteiger partial charge in [0, 0.05) is 12.5 Å². The van der Waals surface area contributed by atoms with E-state index < -0.39 is 0 Å². The zero-order chi connectivity index (χ0) is 7.56. The maximum Gasteiger partial charge on any atom is 0.132 e. The Morgan fingerprint density at radius 3 is 2.80 bits per heavy atom. The second-order valence-corrected chi connectivity index (χ2v) is 3.02. The summed E-state index contributed by atoms with van der Waals surface area (Å²) in [4.78, 5) is 10.9. The Labute approximate surface area is 61.6 Å². The summed E-state index contributed by atoms with van der Waals surface area (Å²) in [6.07, 6.45) is 1.06. The van der Waals surface area contributed by atoms with Gasteiger partial charge in [-0.25, -0.2) is 0 Å². The van der Waals surface area contributed by atoms with E-state index >= 15 is 0 Å². The predicted molar refractivity (Wildman–Crippen MR) is 38.8 cm³/mol. The van der Waals surface area contributed by atoms with E-state index in [-0.39, 0.29) is 11.7 Å². The van der Waals surface area contributed by atoms with Gasteiger partial charge in [0.1, 0.15) is 5.78 Å². The van der Waals surface area contributed by atoms with Gasteiger partial charge < -0.3 is 4.74 Å². The highest BCUT2D eigenvalue weighted by Gasteiger charge is 2.24. The molecule has 1 aliphatic rings. The standard InChI is InChI=1S/C8H14O2/c1-6(7(2)9)8-3-4-10-5-8/h6,8H,3-5H2,1-2H3. The number of hydrogen-bond donors (Lipinski definition) is 0. The normalized spacial score (nSPS) is 28.4. The van der Waals surface area contributed by atoms with Crippen LogP contribution in [0.5, 0.6) is 0 Å². The van der Waals surface area contributed by atoms with Gasteiger partial charge in [0.25, 0.3) is 0 Å². The first kappa shape index (κ1) is 7.73. The Bertz CT molecular complexity index is 125. The molecular weight excluding hydrogens is 128 g/mol. The van der Waals surface area contributed by atoms with Crippen molar-refractivity contribution in [2.45, 2.75) is 20.3 Å². The Hall–Kier alpha value is -0.370. The first-order valence-electron chi connectivity index (χ1n) is 3.80. The largest absolute Gasteiger partial charge is 0.381 e. The molecule has 0 bridgehead atoms. The average molecular weight is 142 g/mol. The molecule has 2 unspecified atom stereocenters. The molecule has 1 fully saturated rings. The van der Waals surface area contributed by atoms with Crippen molar-refractivity contribution in [3.8, 4) is 0 Å². The molecule has 0 radical (unpaired) electrons. The van der Waals surface area contributed by atoms with Gasteiger partial charge in [0.2, 0.25) is 0 Å². The number of carbonyl (C=O) groups excluding carboxylic acids is 1. The van der Waals surface area contributed by atoms with E-state index in [9.17, 15) is 4.79 Å². The summed E-state index contributed by atoms with van der Waals surface area (Å²) in [7, 11) is 0. The lowest BCUT2D eigenvalue weighted by Crippen LogP contribution is -2.18. The second-order valence-electron chi connectivity index (χ2n) is 3.02. The summed E-state index contributed by atoms with van der Waals surface area (Å²) in [5.74, 6) is 0.968. The Morgan fingerprint density at radius 1 is 1.70 bits per heavy atom. The monoisotopic (exact) mass is 142 g/mol. The van der Waals surface area contributed by atoms with Crippen molar-refractivity contribution in [1.82, 2.24) is 0 Å². The average Bonchev–Trinajstić information content (AvgIpc) is 2.36. The van der Waals surface area contributed by atoms with Crippen molar-refractivity contribution in [2.75, 3.05) is 13.2 Å². The van der Waals surface area contributed by atoms with Crippen molar-refractivity contribution in [2.24, 2.45) is 11.8 Å². The third-order valence-corrected chi connectivity index (χ3v) is 2.31. The fourth-order valence-corrected chi connectivity index (χ4v) is 1.28. The lowest BCUT2D eigenvalue weighted by molar-refractivity contribution is -0.121. The molecule has 1 aliphatic heterocycles. The molecule has 2 nitrogen and oxygen atoms in total. The summed E-state index contributed by atoms with van der Waals surface area (Å²) in [6.45, 7) is 5.26. The van der Waals surface area contributed by atoms with Crippen LogP contribution in [0.15, 0.2) is 0 Å². The third kappa shape index (κ3) is 1.57. The predicted octanol–water partition coefficient (Wildman–Crippen LogP) is 1.25. The Morgan fingerprint density at radius 2 is 2.40 bits per heavy atom. The zero-order valence-electron chi connectivity index (χ0n) is 6.59. The highest BCUT2D eigenvalue weighted by molar-refractivity contribution is 5.78.